The maximum absolute atomic E-state index is 11.6. The third-order valence-corrected chi connectivity index (χ3v) is 5.52. The van der Waals surface area contributed by atoms with E-state index < -0.39 is 5.97 Å². The van der Waals surface area contributed by atoms with Crippen molar-refractivity contribution in [2.75, 3.05) is 36.5 Å². The van der Waals surface area contributed by atoms with Gasteiger partial charge < -0.3 is 20.1 Å². The van der Waals surface area contributed by atoms with Gasteiger partial charge in [0.15, 0.2) is 11.5 Å². The summed E-state index contributed by atoms with van der Waals surface area (Å²) in [5.74, 6) is -0.288. The number of nitrogens with one attached hydrogen (secondary N) is 1. The van der Waals surface area contributed by atoms with Crippen molar-refractivity contribution in [2.24, 2.45) is 0 Å². The van der Waals surface area contributed by atoms with E-state index in [-0.39, 0.29) is 16.9 Å². The molecule has 162 valence electrons. The largest absolute Gasteiger partial charge is 0.476 e. The highest BCUT2D eigenvalue weighted by Gasteiger charge is 2.21. The SMILES string of the molecule is Cc1cc([C@@H](C)Nc2ccc(Cl)nc2C(=O)O)c2nc(N3CCOCC3)c(C)nc2c1. The first-order valence-corrected chi connectivity index (χ1v) is 10.5. The van der Waals surface area contributed by atoms with Gasteiger partial charge in [-0.05, 0) is 44.5 Å². The summed E-state index contributed by atoms with van der Waals surface area (Å²) in [4.78, 5) is 27.6. The molecule has 3 aromatic rings. The first-order chi connectivity index (χ1) is 14.8. The Morgan fingerprint density at radius 3 is 2.65 bits per heavy atom. The number of aromatic carboxylic acids is 1. The highest BCUT2D eigenvalue weighted by Crippen LogP contribution is 2.30. The molecule has 31 heavy (non-hydrogen) atoms. The number of hydrogen-bond acceptors (Lipinski definition) is 7. The predicted octanol–water partition coefficient (Wildman–Crippen LogP) is 4.00. The van der Waals surface area contributed by atoms with E-state index in [1.165, 1.54) is 0 Å². The topological polar surface area (TPSA) is 100 Å². The zero-order valence-electron chi connectivity index (χ0n) is 17.6. The van der Waals surface area contributed by atoms with Crippen LogP contribution in [0, 0.1) is 13.8 Å². The lowest BCUT2D eigenvalue weighted by atomic mass is 10.0. The van der Waals surface area contributed by atoms with Gasteiger partial charge in [0, 0.05) is 18.7 Å². The minimum Gasteiger partial charge on any atom is -0.476 e. The van der Waals surface area contributed by atoms with Crippen LogP contribution in [-0.2, 0) is 4.74 Å². The molecule has 1 aliphatic heterocycles. The van der Waals surface area contributed by atoms with Crippen molar-refractivity contribution in [2.45, 2.75) is 26.8 Å². The Kier molecular flexibility index (Phi) is 5.93. The second kappa shape index (κ2) is 8.64. The van der Waals surface area contributed by atoms with Crippen molar-refractivity contribution in [3.8, 4) is 0 Å². The highest BCUT2D eigenvalue weighted by atomic mass is 35.5. The van der Waals surface area contributed by atoms with Crippen LogP contribution in [0.15, 0.2) is 24.3 Å². The average Bonchev–Trinajstić information content (AvgIpc) is 2.74. The summed E-state index contributed by atoms with van der Waals surface area (Å²) in [6.07, 6.45) is 0. The molecule has 4 rings (SSSR count). The average molecular weight is 442 g/mol. The molecule has 1 aromatic carbocycles. The van der Waals surface area contributed by atoms with Crippen LogP contribution < -0.4 is 10.2 Å². The van der Waals surface area contributed by atoms with Gasteiger partial charge in [-0.3, -0.25) is 0 Å². The zero-order valence-corrected chi connectivity index (χ0v) is 18.4. The van der Waals surface area contributed by atoms with E-state index >= 15 is 0 Å². The number of rotatable bonds is 5. The summed E-state index contributed by atoms with van der Waals surface area (Å²) in [5, 5.41) is 12.9. The number of morpholine rings is 1. The minimum absolute atomic E-state index is 0.118. The molecule has 9 heteroatoms. The van der Waals surface area contributed by atoms with Crippen molar-refractivity contribution in [3.05, 3.63) is 51.9 Å². The van der Waals surface area contributed by atoms with Gasteiger partial charge in [0.1, 0.15) is 5.15 Å². The molecule has 1 atom stereocenters. The van der Waals surface area contributed by atoms with Gasteiger partial charge in [-0.2, -0.15) is 0 Å². The number of fused-ring (bicyclic) bond motifs is 1. The van der Waals surface area contributed by atoms with E-state index in [9.17, 15) is 9.90 Å². The van der Waals surface area contributed by atoms with Gasteiger partial charge in [-0.1, -0.05) is 17.7 Å². The summed E-state index contributed by atoms with van der Waals surface area (Å²) in [7, 11) is 0. The summed E-state index contributed by atoms with van der Waals surface area (Å²) in [6, 6.07) is 7.02. The zero-order chi connectivity index (χ0) is 22.1. The number of hydrogen-bond donors (Lipinski definition) is 2. The molecule has 0 unspecified atom stereocenters. The number of ether oxygens (including phenoxy) is 1. The van der Waals surface area contributed by atoms with E-state index in [4.69, 9.17) is 26.3 Å². The van der Waals surface area contributed by atoms with Crippen molar-refractivity contribution in [1.29, 1.82) is 0 Å². The van der Waals surface area contributed by atoms with Crippen molar-refractivity contribution in [3.63, 3.8) is 0 Å². The third-order valence-electron chi connectivity index (χ3n) is 5.31. The molecule has 2 N–H and O–H groups in total. The van der Waals surface area contributed by atoms with Crippen LogP contribution in [-0.4, -0.2) is 52.3 Å². The number of aryl methyl sites for hydroxylation is 2. The lowest BCUT2D eigenvalue weighted by Crippen LogP contribution is -2.37. The monoisotopic (exact) mass is 441 g/mol. The highest BCUT2D eigenvalue weighted by molar-refractivity contribution is 6.29. The standard InChI is InChI=1S/C22H24ClN5O3/c1-12-10-15(13(2)24-16-4-5-18(23)26-20(16)22(29)30)19-17(11-12)25-14(3)21(27-19)28-6-8-31-9-7-28/h4-5,10-11,13,24H,6-9H2,1-3H3,(H,29,30)/t13-/m1/s1. The summed E-state index contributed by atoms with van der Waals surface area (Å²) in [5.41, 5.74) is 4.74. The first-order valence-electron chi connectivity index (χ1n) is 10.1. The molecule has 0 saturated carbocycles. The molecule has 1 fully saturated rings. The van der Waals surface area contributed by atoms with Gasteiger partial charge in [0.2, 0.25) is 0 Å². The molecule has 2 aromatic heterocycles. The first kappa shape index (κ1) is 21.3. The molecule has 1 aliphatic rings. The number of halogens is 1. The Hall–Kier alpha value is -2.97. The Morgan fingerprint density at radius 1 is 1.19 bits per heavy atom. The second-order valence-electron chi connectivity index (χ2n) is 7.66. The Labute approximate surface area is 185 Å². The van der Waals surface area contributed by atoms with Crippen molar-refractivity contribution < 1.29 is 14.6 Å². The van der Waals surface area contributed by atoms with E-state index in [1.54, 1.807) is 12.1 Å². The van der Waals surface area contributed by atoms with Crippen LogP contribution in [0.4, 0.5) is 11.5 Å². The van der Waals surface area contributed by atoms with Gasteiger partial charge in [-0.25, -0.2) is 19.7 Å². The van der Waals surface area contributed by atoms with Crippen LogP contribution in [0.3, 0.4) is 0 Å². The molecule has 0 spiro atoms. The van der Waals surface area contributed by atoms with Crippen LogP contribution in [0.5, 0.6) is 0 Å². The quantitative estimate of drug-likeness (QED) is 0.573. The number of nitrogens with zero attached hydrogens (tertiary/aromatic N) is 4. The fourth-order valence-electron chi connectivity index (χ4n) is 3.84. The summed E-state index contributed by atoms with van der Waals surface area (Å²) in [6.45, 7) is 8.82. The van der Waals surface area contributed by atoms with Crippen LogP contribution in [0.25, 0.3) is 11.0 Å². The van der Waals surface area contributed by atoms with Crippen LogP contribution in [0.1, 0.15) is 40.3 Å². The van der Waals surface area contributed by atoms with Gasteiger partial charge >= 0.3 is 5.97 Å². The van der Waals surface area contributed by atoms with E-state index in [0.29, 0.717) is 18.9 Å². The van der Waals surface area contributed by atoms with Gasteiger partial charge in [-0.15, -0.1) is 0 Å². The number of carbonyl (C=O) groups is 1. The molecule has 3 heterocycles. The molecule has 0 aliphatic carbocycles. The van der Waals surface area contributed by atoms with Gasteiger partial charge in [0.05, 0.1) is 41.7 Å². The maximum Gasteiger partial charge on any atom is 0.356 e. The minimum atomic E-state index is -1.14. The predicted molar refractivity (Wildman–Crippen MR) is 120 cm³/mol. The number of benzene rings is 1. The molecule has 8 nitrogen and oxygen atoms in total. The van der Waals surface area contributed by atoms with Crippen LogP contribution >= 0.6 is 11.6 Å². The number of pyridine rings is 1. The molecule has 1 saturated heterocycles. The molecule has 0 bridgehead atoms. The summed E-state index contributed by atoms with van der Waals surface area (Å²) >= 11 is 5.89. The van der Waals surface area contributed by atoms with Crippen molar-refractivity contribution in [1.82, 2.24) is 15.0 Å². The lowest BCUT2D eigenvalue weighted by molar-refractivity contribution is 0.0691. The van der Waals surface area contributed by atoms with Gasteiger partial charge in [0.25, 0.3) is 0 Å². The van der Waals surface area contributed by atoms with E-state index in [1.807, 2.05) is 26.8 Å². The van der Waals surface area contributed by atoms with E-state index in [2.05, 4.69) is 21.3 Å². The molecule has 0 amide bonds. The smallest absolute Gasteiger partial charge is 0.356 e. The number of aromatic nitrogens is 3. The number of carboxylic acids is 1. The molecule has 0 radical (unpaired) electrons. The Morgan fingerprint density at radius 2 is 1.94 bits per heavy atom. The molecular weight excluding hydrogens is 418 g/mol. The maximum atomic E-state index is 11.6. The Balaban J connectivity index is 1.76. The third kappa shape index (κ3) is 4.40. The second-order valence-corrected chi connectivity index (χ2v) is 8.04. The summed E-state index contributed by atoms with van der Waals surface area (Å²) < 4.78 is 5.47. The lowest BCUT2D eigenvalue weighted by Gasteiger charge is -2.29. The number of anilines is 2. The van der Waals surface area contributed by atoms with Crippen molar-refractivity contribution >= 4 is 40.1 Å². The van der Waals surface area contributed by atoms with Crippen LogP contribution in [0.2, 0.25) is 5.15 Å². The fourth-order valence-corrected chi connectivity index (χ4v) is 3.99. The normalized spacial score (nSPS) is 15.2. The fraction of sp³-hybridized carbons (Fsp3) is 0.364. The molecular formula is C22H24ClN5O3. The number of carboxylic acid groups (broad SMARTS) is 1. The van der Waals surface area contributed by atoms with E-state index in [0.717, 1.165) is 46.8 Å². The Bertz CT molecular complexity index is 1150.